The predicted molar refractivity (Wildman–Crippen MR) is 103 cm³/mol. The van der Waals surface area contributed by atoms with E-state index in [0.29, 0.717) is 5.02 Å². The molecule has 0 amide bonds. The van der Waals surface area contributed by atoms with Crippen molar-refractivity contribution >= 4 is 23.5 Å². The molecule has 5 heteroatoms. The molecule has 3 aromatic carbocycles. The van der Waals surface area contributed by atoms with Crippen LogP contribution in [0.5, 0.6) is 0 Å². The van der Waals surface area contributed by atoms with Crippen LogP contribution in [0, 0.1) is 0 Å². The second kappa shape index (κ2) is 8.52. The maximum Gasteiger partial charge on any atom is 0.325 e. The number of esters is 1. The van der Waals surface area contributed by atoms with Gasteiger partial charge in [-0.2, -0.15) is 0 Å². The van der Waals surface area contributed by atoms with Crippen LogP contribution in [0.25, 0.3) is 0 Å². The average Bonchev–Trinajstić information content (AvgIpc) is 2.67. The number of carboxylic acids is 1. The third-order valence-corrected chi connectivity index (χ3v) is 4.34. The highest BCUT2D eigenvalue weighted by Crippen LogP contribution is 2.29. The minimum Gasteiger partial charge on any atom is -0.480 e. The van der Waals surface area contributed by atoms with Crippen molar-refractivity contribution in [1.29, 1.82) is 0 Å². The molecule has 1 N–H and O–H groups in total. The van der Waals surface area contributed by atoms with Crippen molar-refractivity contribution in [2.24, 2.45) is 0 Å². The molecule has 4 nitrogen and oxygen atoms in total. The fourth-order valence-corrected chi connectivity index (χ4v) is 3.03. The van der Waals surface area contributed by atoms with Crippen molar-refractivity contribution in [3.05, 3.63) is 107 Å². The Kier molecular flexibility index (Phi) is 5.89. The summed E-state index contributed by atoms with van der Waals surface area (Å²) in [6, 6.07) is 24.6. The largest absolute Gasteiger partial charge is 0.480 e. The molecule has 0 aromatic heterocycles. The van der Waals surface area contributed by atoms with E-state index in [2.05, 4.69) is 0 Å². The van der Waals surface area contributed by atoms with Crippen molar-refractivity contribution in [1.82, 2.24) is 0 Å². The zero-order chi connectivity index (χ0) is 19.2. The van der Waals surface area contributed by atoms with Gasteiger partial charge in [-0.1, -0.05) is 84.4 Å². The molecule has 27 heavy (non-hydrogen) atoms. The van der Waals surface area contributed by atoms with Gasteiger partial charge < -0.3 is 9.84 Å². The number of carbonyl (C=O) groups excluding carboxylic acids is 1. The van der Waals surface area contributed by atoms with Gasteiger partial charge in [0.05, 0.1) is 0 Å². The summed E-state index contributed by atoms with van der Waals surface area (Å²) in [6.45, 7) is 0. The zero-order valence-electron chi connectivity index (χ0n) is 14.3. The summed E-state index contributed by atoms with van der Waals surface area (Å²) in [7, 11) is 0. The molecule has 0 bridgehead atoms. The number of halogens is 1. The van der Waals surface area contributed by atoms with Crippen molar-refractivity contribution in [2.75, 3.05) is 0 Å². The molecule has 0 aliphatic heterocycles. The molecule has 136 valence electrons. The van der Waals surface area contributed by atoms with Crippen molar-refractivity contribution < 1.29 is 19.4 Å². The number of hydrogen-bond acceptors (Lipinski definition) is 3. The second-order valence-corrected chi connectivity index (χ2v) is 6.40. The van der Waals surface area contributed by atoms with Crippen molar-refractivity contribution in [2.45, 2.75) is 12.0 Å². The summed E-state index contributed by atoms with van der Waals surface area (Å²) in [5.41, 5.74) is 1.79. The predicted octanol–water partition coefficient (Wildman–Crippen LogP) is 4.84. The monoisotopic (exact) mass is 380 g/mol. The Morgan fingerprint density at radius 2 is 1.30 bits per heavy atom. The van der Waals surface area contributed by atoms with Gasteiger partial charge in [-0.3, -0.25) is 9.59 Å². The van der Waals surface area contributed by atoms with Gasteiger partial charge in [0.2, 0.25) is 0 Å². The topological polar surface area (TPSA) is 63.6 Å². The maximum absolute atomic E-state index is 12.8. The van der Waals surface area contributed by atoms with Crippen LogP contribution in [0.3, 0.4) is 0 Å². The van der Waals surface area contributed by atoms with Crippen LogP contribution >= 0.6 is 11.6 Å². The van der Waals surface area contributed by atoms with Gasteiger partial charge >= 0.3 is 11.9 Å². The zero-order valence-corrected chi connectivity index (χ0v) is 15.0. The van der Waals surface area contributed by atoms with E-state index >= 15 is 0 Å². The van der Waals surface area contributed by atoms with E-state index < -0.39 is 24.0 Å². The number of hydrogen-bond donors (Lipinski definition) is 1. The molecular formula is C22H17ClO4. The van der Waals surface area contributed by atoms with Crippen LogP contribution in [0.4, 0.5) is 0 Å². The Balaban J connectivity index is 1.94. The lowest BCUT2D eigenvalue weighted by atomic mass is 9.98. The van der Waals surface area contributed by atoms with Gasteiger partial charge in [0.25, 0.3) is 0 Å². The van der Waals surface area contributed by atoms with E-state index in [0.717, 1.165) is 11.1 Å². The van der Waals surface area contributed by atoms with Gasteiger partial charge in [-0.15, -0.1) is 0 Å². The summed E-state index contributed by atoms with van der Waals surface area (Å²) < 4.78 is 5.68. The van der Waals surface area contributed by atoms with Crippen LogP contribution in [0.2, 0.25) is 5.02 Å². The normalized spacial score (nSPS) is 11.8. The number of carbonyl (C=O) groups is 2. The van der Waals surface area contributed by atoms with Gasteiger partial charge in [-0.25, -0.2) is 0 Å². The smallest absolute Gasteiger partial charge is 0.325 e. The first-order valence-electron chi connectivity index (χ1n) is 8.35. The minimum atomic E-state index is -1.46. The number of benzene rings is 3. The molecule has 1 unspecified atom stereocenters. The molecule has 0 spiro atoms. The molecule has 0 heterocycles. The first kappa shape index (κ1) is 18.7. The lowest BCUT2D eigenvalue weighted by molar-refractivity contribution is -0.156. The molecule has 0 fully saturated rings. The summed E-state index contributed by atoms with van der Waals surface area (Å²) in [5, 5.41) is 9.95. The van der Waals surface area contributed by atoms with Crippen LogP contribution < -0.4 is 0 Å². The van der Waals surface area contributed by atoms with Crippen LogP contribution in [0.15, 0.2) is 84.9 Å². The van der Waals surface area contributed by atoms with E-state index in [1.807, 2.05) is 60.7 Å². The Morgan fingerprint density at radius 3 is 1.78 bits per heavy atom. The molecule has 0 aliphatic rings. The lowest BCUT2D eigenvalue weighted by Crippen LogP contribution is -2.25. The Labute approximate surface area is 162 Å². The van der Waals surface area contributed by atoms with E-state index in [-0.39, 0.29) is 5.56 Å². The Hall–Kier alpha value is -3.11. The highest BCUT2D eigenvalue weighted by atomic mass is 35.5. The number of ether oxygens (including phenoxy) is 1. The summed E-state index contributed by atoms with van der Waals surface area (Å²) in [6.07, 6.45) is -0.707. The van der Waals surface area contributed by atoms with Gasteiger partial charge in [-0.05, 0) is 28.8 Å². The summed E-state index contributed by atoms with van der Waals surface area (Å²) in [5.74, 6) is -3.59. The number of aliphatic carboxylic acids is 1. The van der Waals surface area contributed by atoms with Crippen molar-refractivity contribution in [3.63, 3.8) is 0 Å². The average molecular weight is 381 g/mol. The molecule has 0 saturated carbocycles. The molecule has 0 radical (unpaired) electrons. The van der Waals surface area contributed by atoms with Crippen LogP contribution in [-0.4, -0.2) is 17.0 Å². The quantitative estimate of drug-likeness (QED) is 0.491. The first-order chi connectivity index (χ1) is 13.1. The van der Waals surface area contributed by atoms with Gasteiger partial charge in [0, 0.05) is 5.02 Å². The maximum atomic E-state index is 12.8. The summed E-state index contributed by atoms with van der Waals surface area (Å²) >= 11 is 5.95. The number of rotatable bonds is 6. The molecule has 0 aliphatic carbocycles. The SMILES string of the molecule is O=C(O)C(C(=O)OC(c1ccccc1)c1ccccc1)c1cccc(Cl)c1. The van der Waals surface area contributed by atoms with Crippen LogP contribution in [-0.2, 0) is 14.3 Å². The molecule has 0 saturated heterocycles. The molecule has 3 aromatic rings. The molecule has 1 atom stereocenters. The molecular weight excluding hydrogens is 364 g/mol. The number of carboxylic acid groups (broad SMARTS) is 1. The van der Waals surface area contributed by atoms with E-state index in [1.54, 1.807) is 18.2 Å². The van der Waals surface area contributed by atoms with E-state index in [9.17, 15) is 14.7 Å². The minimum absolute atomic E-state index is 0.278. The Bertz CT molecular complexity index is 886. The van der Waals surface area contributed by atoms with Crippen LogP contribution in [0.1, 0.15) is 28.7 Å². The fourth-order valence-electron chi connectivity index (χ4n) is 2.83. The fraction of sp³-hybridized carbons (Fsp3) is 0.0909. The summed E-state index contributed by atoms with van der Waals surface area (Å²) in [4.78, 5) is 24.6. The van der Waals surface area contributed by atoms with Gasteiger partial charge in [0.15, 0.2) is 12.0 Å². The third kappa shape index (κ3) is 4.54. The Morgan fingerprint density at radius 1 is 0.778 bits per heavy atom. The van der Waals surface area contributed by atoms with E-state index in [4.69, 9.17) is 16.3 Å². The lowest BCUT2D eigenvalue weighted by Gasteiger charge is -2.21. The van der Waals surface area contributed by atoms with Crippen molar-refractivity contribution in [3.8, 4) is 0 Å². The molecule has 3 rings (SSSR count). The van der Waals surface area contributed by atoms with E-state index in [1.165, 1.54) is 6.07 Å². The standard InChI is InChI=1S/C22H17ClO4/c23-18-13-7-12-17(14-18)19(21(24)25)22(26)27-20(15-8-3-1-4-9-15)16-10-5-2-6-11-16/h1-14,19-20H,(H,24,25). The second-order valence-electron chi connectivity index (χ2n) is 5.96. The first-order valence-corrected chi connectivity index (χ1v) is 8.72. The third-order valence-electron chi connectivity index (χ3n) is 4.10. The highest BCUT2D eigenvalue weighted by molar-refractivity contribution is 6.30. The highest BCUT2D eigenvalue weighted by Gasteiger charge is 2.32. The van der Waals surface area contributed by atoms with Gasteiger partial charge in [0.1, 0.15) is 0 Å².